The lowest BCUT2D eigenvalue weighted by Gasteiger charge is -2.33. The van der Waals surface area contributed by atoms with Crippen LogP contribution >= 0.6 is 23.2 Å². The molecule has 3 rings (SSSR count). The molecule has 0 unspecified atom stereocenters. The van der Waals surface area contributed by atoms with Gasteiger partial charge in [0.15, 0.2) is 0 Å². The van der Waals surface area contributed by atoms with Crippen LogP contribution in [0.15, 0.2) is 77.7 Å². The first-order valence-electron chi connectivity index (χ1n) is 11.8. The molecule has 0 spiro atoms. The third-order valence-corrected chi connectivity index (χ3v) is 8.24. The van der Waals surface area contributed by atoms with E-state index < -0.39 is 28.5 Å². The lowest BCUT2D eigenvalue weighted by molar-refractivity contribution is -0.140. The summed E-state index contributed by atoms with van der Waals surface area (Å²) in [4.78, 5) is 28.0. The highest BCUT2D eigenvalue weighted by molar-refractivity contribution is 7.92. The van der Waals surface area contributed by atoms with Gasteiger partial charge in [0.1, 0.15) is 18.3 Å². The Morgan fingerprint density at radius 3 is 2.21 bits per heavy atom. The predicted octanol–water partition coefficient (Wildman–Crippen LogP) is 4.75. The Bertz CT molecular complexity index is 1370. The molecule has 11 heteroatoms. The molecule has 38 heavy (non-hydrogen) atoms. The molecule has 0 saturated heterocycles. The second-order valence-electron chi connectivity index (χ2n) is 8.33. The van der Waals surface area contributed by atoms with E-state index in [0.717, 1.165) is 9.87 Å². The number of sulfonamides is 1. The molecule has 0 saturated carbocycles. The average Bonchev–Trinajstić information content (AvgIpc) is 2.92. The summed E-state index contributed by atoms with van der Waals surface area (Å²) in [6.07, 6.45) is 0.314. The van der Waals surface area contributed by atoms with E-state index in [1.165, 1.54) is 42.3 Å². The number of carbonyl (C=O) groups excluding carboxylic acids is 2. The van der Waals surface area contributed by atoms with Gasteiger partial charge in [0.25, 0.3) is 10.0 Å². The number of anilines is 1. The van der Waals surface area contributed by atoms with Gasteiger partial charge in [-0.1, -0.05) is 60.5 Å². The summed E-state index contributed by atoms with van der Waals surface area (Å²) >= 11 is 12.5. The fourth-order valence-electron chi connectivity index (χ4n) is 3.93. The van der Waals surface area contributed by atoms with Gasteiger partial charge in [-0.2, -0.15) is 0 Å². The van der Waals surface area contributed by atoms with Crippen LogP contribution in [0.25, 0.3) is 0 Å². The first kappa shape index (κ1) is 29.3. The van der Waals surface area contributed by atoms with Crippen molar-refractivity contribution in [1.29, 1.82) is 0 Å². The molecule has 3 aromatic carbocycles. The number of benzene rings is 3. The summed E-state index contributed by atoms with van der Waals surface area (Å²) in [6, 6.07) is 18.3. The monoisotopic (exact) mass is 577 g/mol. The minimum atomic E-state index is -4.22. The SMILES string of the molecule is CC[C@@H](C(=O)NC)N(Cc1ccc(OC)cc1)C(=O)CN(c1ccc(Cl)cc1Cl)S(=O)(=O)c1ccccc1. The van der Waals surface area contributed by atoms with Crippen molar-refractivity contribution in [3.05, 3.63) is 88.4 Å². The second kappa shape index (κ2) is 13.0. The van der Waals surface area contributed by atoms with E-state index in [2.05, 4.69) is 5.32 Å². The third kappa shape index (κ3) is 6.78. The molecule has 0 heterocycles. The Morgan fingerprint density at radius 1 is 1.00 bits per heavy atom. The molecule has 0 aliphatic carbocycles. The summed E-state index contributed by atoms with van der Waals surface area (Å²) in [7, 11) is -1.18. The molecule has 0 aromatic heterocycles. The molecule has 3 aromatic rings. The Balaban J connectivity index is 2.07. The summed E-state index contributed by atoms with van der Waals surface area (Å²) in [5.41, 5.74) is 0.828. The standard InChI is InChI=1S/C27H29Cl2N3O5S/c1-4-24(27(34)30-2)31(17-19-10-13-21(37-3)14-11-19)26(33)18-32(25-15-12-20(28)16-23(25)29)38(35,36)22-8-6-5-7-9-22/h5-16,24H,4,17-18H2,1-3H3,(H,30,34)/t24-/m0/s1. The third-order valence-electron chi connectivity index (χ3n) is 5.93. The number of rotatable bonds is 11. The molecule has 0 fully saturated rings. The highest BCUT2D eigenvalue weighted by atomic mass is 35.5. The normalized spacial score (nSPS) is 11.9. The van der Waals surface area contributed by atoms with Crippen molar-refractivity contribution in [2.45, 2.75) is 30.8 Å². The van der Waals surface area contributed by atoms with Gasteiger partial charge in [0.05, 0.1) is 22.7 Å². The summed E-state index contributed by atoms with van der Waals surface area (Å²) < 4.78 is 33.7. The lowest BCUT2D eigenvalue weighted by atomic mass is 10.1. The maximum absolute atomic E-state index is 13.9. The maximum atomic E-state index is 13.9. The largest absolute Gasteiger partial charge is 0.497 e. The zero-order valence-corrected chi connectivity index (χ0v) is 23.6. The average molecular weight is 579 g/mol. The zero-order chi connectivity index (χ0) is 27.9. The van der Waals surface area contributed by atoms with Crippen molar-refractivity contribution in [1.82, 2.24) is 10.2 Å². The zero-order valence-electron chi connectivity index (χ0n) is 21.2. The van der Waals surface area contributed by atoms with Gasteiger partial charge in [-0.3, -0.25) is 13.9 Å². The number of amides is 2. The number of nitrogens with zero attached hydrogens (tertiary/aromatic N) is 2. The van der Waals surface area contributed by atoms with Gasteiger partial charge in [-0.25, -0.2) is 8.42 Å². The molecular weight excluding hydrogens is 549 g/mol. The van der Waals surface area contributed by atoms with Crippen LogP contribution in [-0.2, 0) is 26.2 Å². The quantitative estimate of drug-likeness (QED) is 0.354. The van der Waals surface area contributed by atoms with E-state index in [4.69, 9.17) is 27.9 Å². The lowest BCUT2D eigenvalue weighted by Crippen LogP contribution is -2.51. The highest BCUT2D eigenvalue weighted by Gasteiger charge is 2.34. The molecule has 0 aliphatic rings. The van der Waals surface area contributed by atoms with Gasteiger partial charge in [0.2, 0.25) is 11.8 Å². The highest BCUT2D eigenvalue weighted by Crippen LogP contribution is 2.33. The van der Waals surface area contributed by atoms with Crippen LogP contribution in [0, 0.1) is 0 Å². The minimum absolute atomic E-state index is 0.0149. The van der Waals surface area contributed by atoms with Crippen molar-refractivity contribution in [2.75, 3.05) is 25.0 Å². The van der Waals surface area contributed by atoms with Crippen LogP contribution in [-0.4, -0.2) is 51.9 Å². The van der Waals surface area contributed by atoms with Gasteiger partial charge in [-0.15, -0.1) is 0 Å². The number of ether oxygens (including phenoxy) is 1. The van der Waals surface area contributed by atoms with Crippen LogP contribution in [0.3, 0.4) is 0 Å². The van der Waals surface area contributed by atoms with Crippen molar-refractivity contribution in [3.8, 4) is 5.75 Å². The molecule has 1 atom stereocenters. The number of likely N-dealkylation sites (N-methyl/N-ethyl adjacent to an activating group) is 1. The first-order chi connectivity index (χ1) is 18.1. The number of methoxy groups -OCH3 is 1. The second-order valence-corrected chi connectivity index (χ2v) is 11.0. The maximum Gasteiger partial charge on any atom is 0.264 e. The number of hydrogen-bond donors (Lipinski definition) is 1. The topological polar surface area (TPSA) is 96.0 Å². The van der Waals surface area contributed by atoms with E-state index in [0.29, 0.717) is 17.2 Å². The number of hydrogen-bond acceptors (Lipinski definition) is 5. The van der Waals surface area contributed by atoms with Gasteiger partial charge in [0, 0.05) is 18.6 Å². The number of nitrogens with one attached hydrogen (secondary N) is 1. The molecule has 2 amide bonds. The van der Waals surface area contributed by atoms with E-state index in [9.17, 15) is 18.0 Å². The smallest absolute Gasteiger partial charge is 0.264 e. The Hall–Kier alpha value is -3.27. The van der Waals surface area contributed by atoms with Crippen LogP contribution < -0.4 is 14.4 Å². The molecule has 0 bridgehead atoms. The van der Waals surface area contributed by atoms with Crippen LogP contribution in [0.4, 0.5) is 5.69 Å². The van der Waals surface area contributed by atoms with Crippen LogP contribution in [0.1, 0.15) is 18.9 Å². The summed E-state index contributed by atoms with van der Waals surface area (Å²) in [5.74, 6) is -0.305. The van der Waals surface area contributed by atoms with Crippen LogP contribution in [0.2, 0.25) is 10.0 Å². The Kier molecular flexibility index (Phi) is 10.0. The van der Waals surface area contributed by atoms with Crippen molar-refractivity contribution in [3.63, 3.8) is 0 Å². The Labute approximate surface area is 233 Å². The fraction of sp³-hybridized carbons (Fsp3) is 0.259. The molecule has 8 nitrogen and oxygen atoms in total. The van der Waals surface area contributed by atoms with Gasteiger partial charge < -0.3 is 15.0 Å². The Morgan fingerprint density at radius 2 is 1.66 bits per heavy atom. The van der Waals surface area contributed by atoms with Crippen LogP contribution in [0.5, 0.6) is 5.75 Å². The van der Waals surface area contributed by atoms with Crippen molar-refractivity contribution >= 4 is 50.7 Å². The van der Waals surface area contributed by atoms with E-state index in [1.807, 2.05) is 0 Å². The molecular formula is C27H29Cl2N3O5S. The summed E-state index contributed by atoms with van der Waals surface area (Å²) in [5, 5.41) is 2.97. The minimum Gasteiger partial charge on any atom is -0.497 e. The number of halogens is 2. The van der Waals surface area contributed by atoms with Crippen molar-refractivity contribution in [2.24, 2.45) is 0 Å². The first-order valence-corrected chi connectivity index (χ1v) is 14.0. The molecule has 0 radical (unpaired) electrons. The summed E-state index contributed by atoms with van der Waals surface area (Å²) in [6.45, 7) is 1.26. The number of carbonyl (C=O) groups is 2. The molecule has 0 aliphatic heterocycles. The van der Waals surface area contributed by atoms with E-state index in [1.54, 1.807) is 56.5 Å². The van der Waals surface area contributed by atoms with Crippen molar-refractivity contribution < 1.29 is 22.7 Å². The van der Waals surface area contributed by atoms with Gasteiger partial charge in [-0.05, 0) is 54.4 Å². The fourth-order valence-corrected chi connectivity index (χ4v) is 5.95. The van der Waals surface area contributed by atoms with Gasteiger partial charge >= 0.3 is 0 Å². The van der Waals surface area contributed by atoms with E-state index in [-0.39, 0.29) is 28.1 Å². The predicted molar refractivity (Wildman–Crippen MR) is 149 cm³/mol. The molecule has 1 N–H and O–H groups in total. The molecule has 202 valence electrons. The van der Waals surface area contributed by atoms with E-state index >= 15 is 0 Å².